The molecular weight excluding hydrogens is 502 g/mol. The van der Waals surface area contributed by atoms with Gasteiger partial charge in [0, 0.05) is 30.2 Å². The molecule has 2 amide bonds. The van der Waals surface area contributed by atoms with Gasteiger partial charge in [-0.25, -0.2) is 14.6 Å². The number of hydrogen-bond donors (Lipinski definition) is 2. The molecule has 4 rings (SSSR count). The Morgan fingerprint density at radius 3 is 2.54 bits per heavy atom. The van der Waals surface area contributed by atoms with Gasteiger partial charge in [-0.05, 0) is 29.8 Å². The molecule has 37 heavy (non-hydrogen) atoms. The Balaban J connectivity index is 1.59. The number of β-lactam (4-membered cyclic amide) rings is 1. The highest BCUT2D eigenvalue weighted by Crippen LogP contribution is 2.49. The van der Waals surface area contributed by atoms with Crippen molar-refractivity contribution in [2.24, 2.45) is 10.7 Å². The van der Waals surface area contributed by atoms with Crippen molar-refractivity contribution in [3.8, 4) is 11.5 Å². The number of aliphatic imine (C=N–C) groups is 1. The topological polar surface area (TPSA) is 150 Å². The molecule has 0 radical (unpaired) electrons. The van der Waals surface area contributed by atoms with E-state index < -0.39 is 29.1 Å². The standard InChI is InChI=1S/C25H25N3O8S/c1-33-18-9-7-15(8-10-18)12-35-21(30)20-17(13-36-24(26)32)14-37-23-25(34-2,22(31)28(20)23)27-11-16-5-3-4-6-19(16)29/h3-11,23,29H,12-14H2,1-2H3,(H2,26,32). The molecule has 2 aliphatic rings. The molecule has 2 unspecified atom stereocenters. The second kappa shape index (κ2) is 10.9. The van der Waals surface area contributed by atoms with Crippen LogP contribution in [0.2, 0.25) is 0 Å². The number of ether oxygens (including phenoxy) is 4. The van der Waals surface area contributed by atoms with Gasteiger partial charge < -0.3 is 29.8 Å². The van der Waals surface area contributed by atoms with Crippen molar-refractivity contribution in [1.82, 2.24) is 4.90 Å². The highest BCUT2D eigenvalue weighted by molar-refractivity contribution is 8.00. The van der Waals surface area contributed by atoms with Crippen molar-refractivity contribution in [2.45, 2.75) is 17.7 Å². The van der Waals surface area contributed by atoms with E-state index in [1.165, 1.54) is 36.1 Å². The number of thioether (sulfide) groups is 1. The maximum atomic E-state index is 13.4. The van der Waals surface area contributed by atoms with Crippen molar-refractivity contribution < 1.29 is 38.4 Å². The Morgan fingerprint density at radius 2 is 1.89 bits per heavy atom. The molecule has 1 fully saturated rings. The Hall–Kier alpha value is -4.03. The molecule has 3 N–H and O–H groups in total. The normalized spacial score (nSPS) is 20.9. The predicted octanol–water partition coefficient (Wildman–Crippen LogP) is 2.17. The number of fused-ring (bicyclic) bond motifs is 1. The number of benzene rings is 2. The summed E-state index contributed by atoms with van der Waals surface area (Å²) < 4.78 is 21.1. The zero-order valence-corrected chi connectivity index (χ0v) is 20.9. The molecule has 11 nitrogen and oxygen atoms in total. The number of carbonyl (C=O) groups excluding carboxylic acids is 3. The van der Waals surface area contributed by atoms with Crippen molar-refractivity contribution >= 4 is 35.9 Å². The number of hydrogen-bond acceptors (Lipinski definition) is 10. The van der Waals surface area contributed by atoms with E-state index in [2.05, 4.69) is 4.99 Å². The first-order valence-electron chi connectivity index (χ1n) is 11.1. The van der Waals surface area contributed by atoms with Gasteiger partial charge in [0.15, 0.2) is 0 Å². The van der Waals surface area contributed by atoms with Gasteiger partial charge in [0.1, 0.15) is 35.8 Å². The summed E-state index contributed by atoms with van der Waals surface area (Å²) in [6.45, 7) is -0.343. The smallest absolute Gasteiger partial charge is 0.404 e. The molecule has 2 aliphatic heterocycles. The Bertz CT molecular complexity index is 1260. The third kappa shape index (κ3) is 5.11. The fourth-order valence-corrected chi connectivity index (χ4v) is 5.30. The van der Waals surface area contributed by atoms with E-state index in [9.17, 15) is 19.5 Å². The van der Waals surface area contributed by atoms with Crippen LogP contribution in [0, 0.1) is 0 Å². The number of esters is 1. The zero-order valence-electron chi connectivity index (χ0n) is 20.1. The number of para-hydroxylation sites is 1. The van der Waals surface area contributed by atoms with Crippen LogP contribution in [0.5, 0.6) is 11.5 Å². The van der Waals surface area contributed by atoms with E-state index in [1.54, 1.807) is 49.6 Å². The molecule has 0 aliphatic carbocycles. The minimum absolute atomic E-state index is 0.00832. The zero-order chi connectivity index (χ0) is 26.6. The Morgan fingerprint density at radius 1 is 1.16 bits per heavy atom. The molecule has 12 heteroatoms. The number of rotatable bonds is 9. The first-order valence-corrected chi connectivity index (χ1v) is 12.1. The number of phenols is 1. The van der Waals surface area contributed by atoms with Gasteiger partial charge in [0.05, 0.1) is 7.11 Å². The van der Waals surface area contributed by atoms with Gasteiger partial charge in [-0.3, -0.25) is 9.69 Å². The minimum Gasteiger partial charge on any atom is -0.507 e. The monoisotopic (exact) mass is 527 g/mol. The number of aromatic hydroxyl groups is 1. The molecule has 2 aromatic rings. The third-order valence-electron chi connectivity index (χ3n) is 5.84. The summed E-state index contributed by atoms with van der Waals surface area (Å²) in [5.41, 5.74) is 4.91. The number of methoxy groups -OCH3 is 2. The molecule has 2 atom stereocenters. The van der Waals surface area contributed by atoms with Crippen LogP contribution in [-0.4, -0.2) is 71.9 Å². The van der Waals surface area contributed by atoms with Crippen LogP contribution in [0.15, 0.2) is 64.8 Å². The SMILES string of the molecule is COc1ccc(COC(=O)C2=C(COC(N)=O)CSC3N2C(=O)C3(N=Cc2ccccc2O)OC)cc1. The third-order valence-corrected chi connectivity index (χ3v) is 7.20. The quantitative estimate of drug-likeness (QED) is 0.284. The van der Waals surface area contributed by atoms with Crippen LogP contribution in [0.3, 0.4) is 0 Å². The summed E-state index contributed by atoms with van der Waals surface area (Å²) in [5.74, 6) is -0.501. The van der Waals surface area contributed by atoms with E-state index in [4.69, 9.17) is 24.7 Å². The molecule has 0 aromatic heterocycles. The maximum Gasteiger partial charge on any atom is 0.404 e. The Kier molecular flexibility index (Phi) is 7.69. The summed E-state index contributed by atoms with van der Waals surface area (Å²) in [4.78, 5) is 43.4. The van der Waals surface area contributed by atoms with Crippen LogP contribution in [0.1, 0.15) is 11.1 Å². The number of amides is 2. The summed E-state index contributed by atoms with van der Waals surface area (Å²) in [5, 5.41) is 9.34. The number of carbonyl (C=O) groups is 3. The minimum atomic E-state index is -1.62. The second-order valence-electron chi connectivity index (χ2n) is 8.04. The highest BCUT2D eigenvalue weighted by atomic mass is 32.2. The summed E-state index contributed by atoms with van der Waals surface area (Å²) in [6, 6.07) is 13.5. The number of primary amides is 1. The fourth-order valence-electron chi connectivity index (χ4n) is 3.89. The van der Waals surface area contributed by atoms with E-state index in [1.807, 2.05) is 0 Å². The molecule has 194 valence electrons. The lowest BCUT2D eigenvalue weighted by molar-refractivity contribution is -0.183. The van der Waals surface area contributed by atoms with E-state index in [-0.39, 0.29) is 30.4 Å². The summed E-state index contributed by atoms with van der Waals surface area (Å²) in [7, 11) is 2.89. The lowest BCUT2D eigenvalue weighted by Gasteiger charge is -2.53. The molecule has 2 heterocycles. The van der Waals surface area contributed by atoms with Crippen LogP contribution < -0.4 is 10.5 Å². The predicted molar refractivity (Wildman–Crippen MR) is 134 cm³/mol. The lowest BCUT2D eigenvalue weighted by Crippen LogP contribution is -2.73. The Labute approximate surface area is 216 Å². The van der Waals surface area contributed by atoms with Crippen molar-refractivity contribution in [3.05, 3.63) is 70.9 Å². The van der Waals surface area contributed by atoms with Gasteiger partial charge in [-0.1, -0.05) is 24.3 Å². The van der Waals surface area contributed by atoms with Gasteiger partial charge in [0.2, 0.25) is 0 Å². The first kappa shape index (κ1) is 26.0. The molecule has 0 bridgehead atoms. The van der Waals surface area contributed by atoms with E-state index in [0.717, 1.165) is 0 Å². The van der Waals surface area contributed by atoms with Crippen LogP contribution >= 0.6 is 11.8 Å². The average Bonchev–Trinajstić information content (AvgIpc) is 2.91. The molecule has 1 saturated heterocycles. The molecule has 0 spiro atoms. The number of nitrogens with two attached hydrogens (primary N) is 1. The first-order chi connectivity index (χ1) is 17.8. The average molecular weight is 528 g/mol. The van der Waals surface area contributed by atoms with Crippen molar-refractivity contribution in [3.63, 3.8) is 0 Å². The number of phenolic OH excluding ortho intramolecular Hbond substituents is 1. The molecule has 0 saturated carbocycles. The van der Waals surface area contributed by atoms with Crippen molar-refractivity contribution in [2.75, 3.05) is 26.6 Å². The molecular formula is C25H25N3O8S. The van der Waals surface area contributed by atoms with Gasteiger partial charge in [-0.15, -0.1) is 11.8 Å². The van der Waals surface area contributed by atoms with Crippen molar-refractivity contribution in [1.29, 1.82) is 0 Å². The lowest BCUT2D eigenvalue weighted by atomic mass is 9.98. The van der Waals surface area contributed by atoms with Gasteiger partial charge >= 0.3 is 12.1 Å². The van der Waals surface area contributed by atoms with Crippen LogP contribution in [0.25, 0.3) is 0 Å². The van der Waals surface area contributed by atoms with Gasteiger partial charge in [0.25, 0.3) is 11.6 Å². The van der Waals surface area contributed by atoms with E-state index >= 15 is 0 Å². The largest absolute Gasteiger partial charge is 0.507 e. The summed E-state index contributed by atoms with van der Waals surface area (Å²) >= 11 is 1.28. The number of nitrogens with zero attached hydrogens (tertiary/aromatic N) is 2. The van der Waals surface area contributed by atoms with E-state index in [0.29, 0.717) is 22.4 Å². The molecule has 2 aromatic carbocycles. The van der Waals surface area contributed by atoms with Crippen LogP contribution in [-0.2, 0) is 30.4 Å². The van der Waals surface area contributed by atoms with Crippen LogP contribution in [0.4, 0.5) is 4.79 Å². The maximum absolute atomic E-state index is 13.4. The van der Waals surface area contributed by atoms with Gasteiger partial charge in [-0.2, -0.15) is 0 Å². The highest BCUT2D eigenvalue weighted by Gasteiger charge is 2.66. The fraction of sp³-hybridized carbons (Fsp3) is 0.280. The second-order valence-corrected chi connectivity index (χ2v) is 9.11. The summed E-state index contributed by atoms with van der Waals surface area (Å²) in [6.07, 6.45) is 0.338.